The van der Waals surface area contributed by atoms with E-state index in [-0.39, 0.29) is 17.0 Å². The zero-order valence-electron chi connectivity index (χ0n) is 12.9. The van der Waals surface area contributed by atoms with Gasteiger partial charge in [0.2, 0.25) is 5.95 Å². The first kappa shape index (κ1) is 16.5. The van der Waals surface area contributed by atoms with Gasteiger partial charge in [0.05, 0.1) is 12.9 Å². The van der Waals surface area contributed by atoms with Gasteiger partial charge in [0.15, 0.2) is 11.7 Å². The molecule has 11 nitrogen and oxygen atoms in total. The summed E-state index contributed by atoms with van der Waals surface area (Å²) >= 11 is 0. The minimum atomic E-state index is -1.40. The third-order valence-electron chi connectivity index (χ3n) is 3.86. The molecule has 0 radical (unpaired) electrons. The topological polar surface area (TPSA) is 154 Å². The summed E-state index contributed by atoms with van der Waals surface area (Å²) in [5.41, 5.74) is -1.71. The lowest BCUT2D eigenvalue weighted by molar-refractivity contribution is -0.0509. The molecular formula is C13H17N5O6. The summed E-state index contributed by atoms with van der Waals surface area (Å²) in [6.45, 7) is -0.509. The Balaban J connectivity index is 2.22. The van der Waals surface area contributed by atoms with Crippen molar-refractivity contribution in [2.45, 2.75) is 24.5 Å². The maximum absolute atomic E-state index is 12.5. The molecule has 0 amide bonds. The van der Waals surface area contributed by atoms with Crippen molar-refractivity contribution in [1.29, 1.82) is 0 Å². The smallest absolute Gasteiger partial charge is 0.301 e. The van der Waals surface area contributed by atoms with Crippen molar-refractivity contribution in [3.05, 3.63) is 27.0 Å². The van der Waals surface area contributed by atoms with E-state index in [1.54, 1.807) is 14.1 Å². The maximum Gasteiger partial charge on any atom is 0.301 e. The van der Waals surface area contributed by atoms with Crippen LogP contribution in [0.25, 0.3) is 11.0 Å². The van der Waals surface area contributed by atoms with E-state index in [2.05, 4.69) is 15.0 Å². The van der Waals surface area contributed by atoms with Crippen LogP contribution in [0.2, 0.25) is 0 Å². The van der Waals surface area contributed by atoms with Crippen molar-refractivity contribution in [2.24, 2.45) is 0 Å². The third kappa shape index (κ3) is 2.47. The highest BCUT2D eigenvalue weighted by Gasteiger charge is 2.44. The van der Waals surface area contributed by atoms with Gasteiger partial charge in [0.1, 0.15) is 23.8 Å². The first-order valence-electron chi connectivity index (χ1n) is 7.16. The molecule has 11 heteroatoms. The van der Waals surface area contributed by atoms with Crippen molar-refractivity contribution in [1.82, 2.24) is 19.5 Å². The Bertz CT molecular complexity index is 877. The van der Waals surface area contributed by atoms with Crippen molar-refractivity contribution in [3.8, 4) is 0 Å². The molecule has 0 aliphatic carbocycles. The molecule has 0 aromatic carbocycles. The first-order valence-corrected chi connectivity index (χ1v) is 7.16. The number of nitrogens with zero attached hydrogens (tertiary/aromatic N) is 4. The number of nitrogens with one attached hydrogen (secondary N) is 1. The highest BCUT2D eigenvalue weighted by molar-refractivity contribution is 5.73. The van der Waals surface area contributed by atoms with Gasteiger partial charge < -0.3 is 25.0 Å². The number of hydrogen-bond acceptors (Lipinski definition) is 9. The van der Waals surface area contributed by atoms with Gasteiger partial charge in [-0.05, 0) is 0 Å². The number of fused-ring (bicyclic) bond motifs is 1. The fourth-order valence-electron chi connectivity index (χ4n) is 2.59. The first-order chi connectivity index (χ1) is 11.3. The number of aliphatic hydroxyl groups excluding tert-OH is 3. The molecule has 1 unspecified atom stereocenters. The van der Waals surface area contributed by atoms with E-state index >= 15 is 0 Å². The number of aliphatic hydroxyl groups is 3. The van der Waals surface area contributed by atoms with Crippen LogP contribution in [0.4, 0.5) is 5.95 Å². The number of anilines is 1. The second kappa shape index (κ2) is 5.94. The van der Waals surface area contributed by atoms with Crippen LogP contribution in [0, 0.1) is 0 Å². The number of ether oxygens (including phenoxy) is 1. The van der Waals surface area contributed by atoms with E-state index in [0.29, 0.717) is 0 Å². The van der Waals surface area contributed by atoms with Gasteiger partial charge in [-0.3, -0.25) is 19.1 Å². The lowest BCUT2D eigenvalue weighted by Crippen LogP contribution is -2.33. The van der Waals surface area contributed by atoms with Gasteiger partial charge in [-0.2, -0.15) is 4.98 Å². The molecule has 130 valence electrons. The van der Waals surface area contributed by atoms with Crippen molar-refractivity contribution in [2.75, 3.05) is 25.6 Å². The van der Waals surface area contributed by atoms with E-state index in [1.165, 1.54) is 4.90 Å². The monoisotopic (exact) mass is 339 g/mol. The molecule has 1 aliphatic heterocycles. The molecule has 0 bridgehead atoms. The van der Waals surface area contributed by atoms with Crippen LogP contribution in [0.3, 0.4) is 0 Å². The molecule has 0 spiro atoms. The second-order valence-corrected chi connectivity index (χ2v) is 5.67. The van der Waals surface area contributed by atoms with Gasteiger partial charge in [-0.25, -0.2) is 4.98 Å². The fraction of sp³-hybridized carbons (Fsp3) is 0.538. The predicted molar refractivity (Wildman–Crippen MR) is 81.8 cm³/mol. The molecule has 0 saturated carbocycles. The average molecular weight is 339 g/mol. The minimum absolute atomic E-state index is 0.0516. The number of rotatable bonds is 3. The Morgan fingerprint density at radius 2 is 2.04 bits per heavy atom. The van der Waals surface area contributed by atoms with Gasteiger partial charge in [0, 0.05) is 14.1 Å². The molecule has 1 saturated heterocycles. The van der Waals surface area contributed by atoms with E-state index < -0.39 is 42.3 Å². The summed E-state index contributed by atoms with van der Waals surface area (Å²) in [6.07, 6.45) is -3.77. The summed E-state index contributed by atoms with van der Waals surface area (Å²) < 4.78 is 6.53. The minimum Gasteiger partial charge on any atom is -0.394 e. The van der Waals surface area contributed by atoms with E-state index in [9.17, 15) is 19.8 Å². The van der Waals surface area contributed by atoms with Crippen molar-refractivity contribution >= 4 is 17.0 Å². The van der Waals surface area contributed by atoms with Gasteiger partial charge >= 0.3 is 5.56 Å². The number of H-pyrrole nitrogens is 1. The van der Waals surface area contributed by atoms with Crippen molar-refractivity contribution < 1.29 is 20.1 Å². The van der Waals surface area contributed by atoms with Crippen LogP contribution in [0.5, 0.6) is 0 Å². The molecule has 4 atom stereocenters. The maximum atomic E-state index is 12.5. The standard InChI is InChI=1S/C13H17N5O6/c1-17(2)13-15-10(22)6-7(11(23)16-13)18(4-14-6)12-9(21)8(20)5(3-19)24-12/h4-5,8-9,12,19-21H,3H2,1-2H3,(H,15,16,22,23)/t5-,8-,9-,12?/m1/s1. The summed E-state index contributed by atoms with van der Waals surface area (Å²) in [4.78, 5) is 36.2. The molecule has 1 fully saturated rings. The number of aromatic amines is 1. The van der Waals surface area contributed by atoms with E-state index in [1.807, 2.05) is 0 Å². The van der Waals surface area contributed by atoms with Gasteiger partial charge in [0.25, 0.3) is 5.56 Å². The molecule has 3 rings (SSSR count). The number of imidazole rings is 1. The average Bonchev–Trinajstić information content (AvgIpc) is 3.05. The summed E-state index contributed by atoms with van der Waals surface area (Å²) in [7, 11) is 3.21. The van der Waals surface area contributed by atoms with Crippen molar-refractivity contribution in [3.63, 3.8) is 0 Å². The Morgan fingerprint density at radius 3 is 2.62 bits per heavy atom. The zero-order valence-corrected chi connectivity index (χ0v) is 12.9. The quantitative estimate of drug-likeness (QED) is 0.463. The van der Waals surface area contributed by atoms with Crippen LogP contribution in [-0.4, -0.2) is 73.9 Å². The zero-order chi connectivity index (χ0) is 17.6. The second-order valence-electron chi connectivity index (χ2n) is 5.67. The molecule has 4 N–H and O–H groups in total. The fourth-order valence-corrected chi connectivity index (χ4v) is 2.59. The van der Waals surface area contributed by atoms with Crippen LogP contribution >= 0.6 is 0 Å². The Kier molecular flexibility index (Phi) is 4.09. The van der Waals surface area contributed by atoms with Crippen LogP contribution in [0.15, 0.2) is 15.9 Å². The largest absolute Gasteiger partial charge is 0.394 e. The normalized spacial score (nSPS) is 26.9. The SMILES string of the molecule is CN(C)c1nc(=O)c2ncn(C3O[C@H](CO)[C@@H](O)[C@H]3O)c2c(=O)[nH]1. The Labute approximate surface area is 134 Å². The van der Waals surface area contributed by atoms with Gasteiger partial charge in [-0.15, -0.1) is 0 Å². The molecule has 24 heavy (non-hydrogen) atoms. The predicted octanol–water partition coefficient (Wildman–Crippen LogP) is -2.84. The number of hydrogen-bond donors (Lipinski definition) is 4. The molecule has 3 heterocycles. The molecule has 2 aromatic heterocycles. The lowest BCUT2D eigenvalue weighted by Gasteiger charge is -2.16. The Hall–Kier alpha value is -2.34. The summed E-state index contributed by atoms with van der Waals surface area (Å²) in [5, 5.41) is 29.1. The third-order valence-corrected chi connectivity index (χ3v) is 3.86. The lowest BCUT2D eigenvalue weighted by atomic mass is 10.1. The molecule has 2 aromatic rings. The van der Waals surface area contributed by atoms with E-state index in [4.69, 9.17) is 9.84 Å². The van der Waals surface area contributed by atoms with Crippen LogP contribution < -0.4 is 16.0 Å². The highest BCUT2D eigenvalue weighted by atomic mass is 16.6. The van der Waals surface area contributed by atoms with Crippen LogP contribution in [-0.2, 0) is 4.74 Å². The molecular weight excluding hydrogens is 322 g/mol. The highest BCUT2D eigenvalue weighted by Crippen LogP contribution is 2.30. The molecule has 1 aliphatic rings. The van der Waals surface area contributed by atoms with E-state index in [0.717, 1.165) is 10.9 Å². The summed E-state index contributed by atoms with van der Waals surface area (Å²) in [6, 6.07) is 0. The summed E-state index contributed by atoms with van der Waals surface area (Å²) in [5.74, 6) is 0.0516. The number of aromatic nitrogens is 4. The van der Waals surface area contributed by atoms with Crippen LogP contribution in [0.1, 0.15) is 6.23 Å². The Morgan fingerprint density at radius 1 is 1.33 bits per heavy atom. The van der Waals surface area contributed by atoms with Gasteiger partial charge in [-0.1, -0.05) is 0 Å².